The van der Waals surface area contributed by atoms with Gasteiger partial charge in [0.2, 0.25) is 0 Å². The molecule has 0 saturated carbocycles. The predicted octanol–water partition coefficient (Wildman–Crippen LogP) is 2.45. The number of carbonyl (C=O) groups excluding carboxylic acids is 1. The van der Waals surface area contributed by atoms with Gasteiger partial charge in [-0.2, -0.15) is 0 Å². The normalized spacial score (nSPS) is 10.2. The van der Waals surface area contributed by atoms with E-state index in [1.165, 1.54) is 0 Å². The van der Waals surface area contributed by atoms with Crippen LogP contribution in [0.15, 0.2) is 30.5 Å². The lowest BCUT2D eigenvalue weighted by atomic mass is 10.1. The lowest BCUT2D eigenvalue weighted by Gasteiger charge is -2.05. The number of fused-ring (bicyclic) bond motifs is 1. The Bertz CT molecular complexity index is 494. The molecule has 0 aliphatic rings. The number of nitrogens with zero attached hydrogens (tertiary/aromatic N) is 1. The van der Waals surface area contributed by atoms with Crippen LogP contribution in [0.4, 0.5) is 0 Å². The summed E-state index contributed by atoms with van der Waals surface area (Å²) < 4.78 is 5.37. The fraction of sp³-hybridized carbons (Fsp3) is 0.167. The van der Waals surface area contributed by atoms with Gasteiger partial charge in [-0.15, -0.1) is 0 Å². The molecule has 1 aromatic carbocycles. The number of carbonyl (C=O) groups is 1. The molecule has 0 radical (unpaired) electrons. The second kappa shape index (κ2) is 4.09. The van der Waals surface area contributed by atoms with E-state index in [4.69, 9.17) is 4.74 Å². The number of aromatic nitrogens is 1. The topological polar surface area (TPSA) is 39.2 Å². The SMILES string of the molecule is CCOc1ccc2ccnc(C=O)c2c1. The zero-order chi connectivity index (χ0) is 10.7. The van der Waals surface area contributed by atoms with Crippen molar-refractivity contribution in [1.29, 1.82) is 0 Å². The molecule has 2 aromatic rings. The Morgan fingerprint density at radius 2 is 2.27 bits per heavy atom. The van der Waals surface area contributed by atoms with Crippen molar-refractivity contribution < 1.29 is 9.53 Å². The molecule has 0 aliphatic heterocycles. The van der Waals surface area contributed by atoms with E-state index in [0.29, 0.717) is 12.3 Å². The number of benzene rings is 1. The minimum absolute atomic E-state index is 0.453. The van der Waals surface area contributed by atoms with Crippen LogP contribution in [0.1, 0.15) is 17.4 Å². The quantitative estimate of drug-likeness (QED) is 0.716. The van der Waals surface area contributed by atoms with Crippen molar-refractivity contribution in [2.24, 2.45) is 0 Å². The summed E-state index contributed by atoms with van der Waals surface area (Å²) in [6, 6.07) is 7.53. The maximum atomic E-state index is 10.8. The zero-order valence-corrected chi connectivity index (χ0v) is 8.43. The van der Waals surface area contributed by atoms with Gasteiger partial charge in [-0.3, -0.25) is 9.78 Å². The molecule has 76 valence electrons. The van der Waals surface area contributed by atoms with Crippen LogP contribution in [0.5, 0.6) is 5.75 Å². The van der Waals surface area contributed by atoms with Crippen molar-refractivity contribution in [2.75, 3.05) is 6.61 Å². The lowest BCUT2D eigenvalue weighted by Crippen LogP contribution is -1.93. The summed E-state index contributed by atoms with van der Waals surface area (Å²) >= 11 is 0. The molecule has 3 heteroatoms. The fourth-order valence-corrected chi connectivity index (χ4v) is 1.52. The van der Waals surface area contributed by atoms with Crippen molar-refractivity contribution in [1.82, 2.24) is 4.98 Å². The van der Waals surface area contributed by atoms with E-state index in [0.717, 1.165) is 22.8 Å². The maximum Gasteiger partial charge on any atom is 0.169 e. The molecule has 0 amide bonds. The molecule has 1 aromatic heterocycles. The lowest BCUT2D eigenvalue weighted by molar-refractivity contribution is 0.112. The summed E-state index contributed by atoms with van der Waals surface area (Å²) in [5.74, 6) is 0.765. The number of hydrogen-bond acceptors (Lipinski definition) is 3. The van der Waals surface area contributed by atoms with Gasteiger partial charge >= 0.3 is 0 Å². The van der Waals surface area contributed by atoms with Gasteiger partial charge in [0.25, 0.3) is 0 Å². The summed E-state index contributed by atoms with van der Waals surface area (Å²) in [6.07, 6.45) is 2.39. The van der Waals surface area contributed by atoms with Gasteiger partial charge in [-0.25, -0.2) is 0 Å². The minimum atomic E-state index is 0.453. The molecule has 0 saturated heterocycles. The second-order valence-electron chi connectivity index (χ2n) is 3.13. The Balaban J connectivity index is 2.61. The molecule has 0 fully saturated rings. The monoisotopic (exact) mass is 201 g/mol. The predicted molar refractivity (Wildman–Crippen MR) is 58.3 cm³/mol. The molecule has 15 heavy (non-hydrogen) atoms. The third-order valence-corrected chi connectivity index (χ3v) is 2.19. The third-order valence-electron chi connectivity index (χ3n) is 2.19. The molecular formula is C12H11NO2. The van der Waals surface area contributed by atoms with Crippen molar-refractivity contribution in [3.63, 3.8) is 0 Å². The van der Waals surface area contributed by atoms with Crippen LogP contribution in [0.25, 0.3) is 10.8 Å². The van der Waals surface area contributed by atoms with Crippen molar-refractivity contribution in [2.45, 2.75) is 6.92 Å². The van der Waals surface area contributed by atoms with Crippen LogP contribution in [0.2, 0.25) is 0 Å². The standard InChI is InChI=1S/C12H11NO2/c1-2-15-10-4-3-9-5-6-13-12(8-14)11(9)7-10/h3-8H,2H2,1H3. The highest BCUT2D eigenvalue weighted by atomic mass is 16.5. The number of aldehydes is 1. The summed E-state index contributed by atoms with van der Waals surface area (Å²) in [5, 5.41) is 1.83. The Hall–Kier alpha value is -1.90. The Labute approximate surface area is 87.7 Å². The van der Waals surface area contributed by atoms with Crippen LogP contribution in [0, 0.1) is 0 Å². The van der Waals surface area contributed by atoms with Gasteiger partial charge in [0.1, 0.15) is 11.4 Å². The van der Waals surface area contributed by atoms with Gasteiger partial charge in [-0.05, 0) is 30.5 Å². The molecule has 0 unspecified atom stereocenters. The molecule has 0 atom stereocenters. The molecule has 0 spiro atoms. The second-order valence-corrected chi connectivity index (χ2v) is 3.13. The minimum Gasteiger partial charge on any atom is -0.494 e. The number of rotatable bonds is 3. The van der Waals surface area contributed by atoms with Gasteiger partial charge in [0.05, 0.1) is 6.61 Å². The van der Waals surface area contributed by atoms with Gasteiger partial charge in [0.15, 0.2) is 6.29 Å². The molecule has 0 N–H and O–H groups in total. The number of ether oxygens (including phenoxy) is 1. The highest BCUT2D eigenvalue weighted by Crippen LogP contribution is 2.21. The first-order chi connectivity index (χ1) is 7.35. The van der Waals surface area contributed by atoms with Crippen LogP contribution in [-0.4, -0.2) is 17.9 Å². The first-order valence-corrected chi connectivity index (χ1v) is 4.82. The van der Waals surface area contributed by atoms with Gasteiger partial charge in [0, 0.05) is 11.6 Å². The Morgan fingerprint density at radius 1 is 1.40 bits per heavy atom. The van der Waals surface area contributed by atoms with Crippen LogP contribution >= 0.6 is 0 Å². The largest absolute Gasteiger partial charge is 0.494 e. The van der Waals surface area contributed by atoms with Crippen molar-refractivity contribution in [3.8, 4) is 5.75 Å². The van der Waals surface area contributed by atoms with E-state index in [2.05, 4.69) is 4.98 Å². The molecule has 0 bridgehead atoms. The molecule has 0 aliphatic carbocycles. The van der Waals surface area contributed by atoms with E-state index in [9.17, 15) is 4.79 Å². The number of pyridine rings is 1. The van der Waals surface area contributed by atoms with Crippen molar-refractivity contribution >= 4 is 17.1 Å². The highest BCUT2D eigenvalue weighted by Gasteiger charge is 2.02. The fourth-order valence-electron chi connectivity index (χ4n) is 1.52. The number of hydrogen-bond donors (Lipinski definition) is 0. The first-order valence-electron chi connectivity index (χ1n) is 4.82. The van der Waals surface area contributed by atoms with Crippen LogP contribution < -0.4 is 4.74 Å². The molecule has 2 rings (SSSR count). The summed E-state index contributed by atoms with van der Waals surface area (Å²) in [6.45, 7) is 2.54. The molecule has 1 heterocycles. The average Bonchev–Trinajstić information content (AvgIpc) is 2.28. The molecule has 3 nitrogen and oxygen atoms in total. The zero-order valence-electron chi connectivity index (χ0n) is 8.43. The Morgan fingerprint density at radius 3 is 3.00 bits per heavy atom. The summed E-state index contributed by atoms with van der Waals surface area (Å²) in [7, 11) is 0. The summed E-state index contributed by atoms with van der Waals surface area (Å²) in [5.41, 5.74) is 0.453. The van der Waals surface area contributed by atoms with Crippen LogP contribution in [-0.2, 0) is 0 Å². The molecular weight excluding hydrogens is 190 g/mol. The Kier molecular flexibility index (Phi) is 2.63. The van der Waals surface area contributed by atoms with Gasteiger partial charge in [-0.1, -0.05) is 6.07 Å². The third kappa shape index (κ3) is 1.81. The summed E-state index contributed by atoms with van der Waals surface area (Å²) in [4.78, 5) is 14.8. The van der Waals surface area contributed by atoms with Crippen molar-refractivity contribution in [3.05, 3.63) is 36.2 Å². The maximum absolute atomic E-state index is 10.8. The van der Waals surface area contributed by atoms with E-state index in [-0.39, 0.29) is 0 Å². The smallest absolute Gasteiger partial charge is 0.169 e. The average molecular weight is 201 g/mol. The first kappa shape index (κ1) is 9.65. The van der Waals surface area contributed by atoms with Crippen LogP contribution in [0.3, 0.4) is 0 Å². The van der Waals surface area contributed by atoms with E-state index in [1.54, 1.807) is 6.20 Å². The van der Waals surface area contributed by atoms with Gasteiger partial charge < -0.3 is 4.74 Å². The van der Waals surface area contributed by atoms with E-state index >= 15 is 0 Å². The van der Waals surface area contributed by atoms with E-state index in [1.807, 2.05) is 31.2 Å². The highest BCUT2D eigenvalue weighted by molar-refractivity contribution is 5.96. The van der Waals surface area contributed by atoms with E-state index < -0.39 is 0 Å².